The molecule has 34 heavy (non-hydrogen) atoms. The van der Waals surface area contributed by atoms with E-state index >= 15 is 0 Å². The molecule has 0 aromatic heterocycles. The van der Waals surface area contributed by atoms with Crippen LogP contribution in [0.3, 0.4) is 0 Å². The zero-order chi connectivity index (χ0) is 25.1. The predicted octanol–water partition coefficient (Wildman–Crippen LogP) is 5.11. The van der Waals surface area contributed by atoms with Gasteiger partial charge >= 0.3 is 24.3 Å². The average Bonchev–Trinajstić information content (AvgIpc) is 3.03. The molecule has 3 aliphatic rings. The number of benzene rings is 1. The van der Waals surface area contributed by atoms with Gasteiger partial charge in [0.05, 0.1) is 7.11 Å². The monoisotopic (exact) mass is 494 g/mol. The lowest BCUT2D eigenvalue weighted by atomic mass is 9.55. The van der Waals surface area contributed by atoms with E-state index in [4.69, 9.17) is 9.47 Å². The standard InChI is InChI=1S/C23H24F6O5/c1-21-8-7-14-13-6-4-12(32-2)9-11(13)3-5-15(14)16(21)10-17(33-19(30)22(24,25)26)18(21)34-20(31)23(27,28)29/h4,6,9,14-18H,3,5,7-8,10H2,1-2H3/t14-,15-,16+,17-,18+,21+/m1/s1. The van der Waals surface area contributed by atoms with Gasteiger partial charge in [0.25, 0.3) is 0 Å². The van der Waals surface area contributed by atoms with E-state index < -0.39 is 47.8 Å². The lowest BCUT2D eigenvalue weighted by molar-refractivity contribution is -0.225. The van der Waals surface area contributed by atoms with E-state index in [-0.39, 0.29) is 18.3 Å². The van der Waals surface area contributed by atoms with Gasteiger partial charge in [-0.25, -0.2) is 9.59 Å². The van der Waals surface area contributed by atoms with Gasteiger partial charge < -0.3 is 14.2 Å². The third-order valence-electron chi connectivity index (χ3n) is 7.80. The Labute approximate surface area is 191 Å². The average molecular weight is 494 g/mol. The first-order chi connectivity index (χ1) is 15.8. The first-order valence-corrected chi connectivity index (χ1v) is 11.0. The van der Waals surface area contributed by atoms with Crippen LogP contribution in [-0.2, 0) is 25.5 Å². The van der Waals surface area contributed by atoms with E-state index in [2.05, 4.69) is 4.74 Å². The Morgan fingerprint density at radius 2 is 1.65 bits per heavy atom. The van der Waals surface area contributed by atoms with Crippen molar-refractivity contribution >= 4 is 11.9 Å². The van der Waals surface area contributed by atoms with Gasteiger partial charge in [0, 0.05) is 5.41 Å². The number of esters is 2. The van der Waals surface area contributed by atoms with Crippen molar-refractivity contribution in [2.24, 2.45) is 17.3 Å². The summed E-state index contributed by atoms with van der Waals surface area (Å²) >= 11 is 0. The molecule has 0 heterocycles. The molecular formula is C23H24F6O5. The summed E-state index contributed by atoms with van der Waals surface area (Å²) in [6, 6.07) is 5.71. The van der Waals surface area contributed by atoms with Crippen LogP contribution < -0.4 is 4.74 Å². The van der Waals surface area contributed by atoms with Crippen molar-refractivity contribution in [3.05, 3.63) is 29.3 Å². The Bertz CT molecular complexity index is 974. The predicted molar refractivity (Wildman–Crippen MR) is 105 cm³/mol. The summed E-state index contributed by atoms with van der Waals surface area (Å²) in [6.45, 7) is 1.62. The van der Waals surface area contributed by atoms with Crippen LogP contribution in [0.5, 0.6) is 5.75 Å². The molecule has 11 heteroatoms. The molecule has 2 fully saturated rings. The Hall–Kier alpha value is -2.46. The highest BCUT2D eigenvalue weighted by molar-refractivity contribution is 5.77. The number of ether oxygens (including phenoxy) is 3. The van der Waals surface area contributed by atoms with Crippen molar-refractivity contribution in [1.29, 1.82) is 0 Å². The molecule has 0 aliphatic heterocycles. The van der Waals surface area contributed by atoms with Crippen LogP contribution in [0.1, 0.15) is 49.7 Å². The molecule has 0 N–H and O–H groups in total. The highest BCUT2D eigenvalue weighted by atomic mass is 19.4. The Morgan fingerprint density at radius 3 is 2.26 bits per heavy atom. The van der Waals surface area contributed by atoms with Crippen molar-refractivity contribution in [2.45, 2.75) is 69.5 Å². The van der Waals surface area contributed by atoms with E-state index in [1.807, 2.05) is 18.2 Å². The van der Waals surface area contributed by atoms with Crippen molar-refractivity contribution in [2.75, 3.05) is 7.11 Å². The minimum Gasteiger partial charge on any atom is -0.497 e. The van der Waals surface area contributed by atoms with Gasteiger partial charge in [-0.1, -0.05) is 13.0 Å². The molecule has 0 radical (unpaired) electrons. The lowest BCUT2D eigenvalue weighted by Gasteiger charge is -2.50. The summed E-state index contributed by atoms with van der Waals surface area (Å²) in [5.74, 6) is -4.72. The van der Waals surface area contributed by atoms with Crippen LogP contribution in [0.15, 0.2) is 18.2 Å². The summed E-state index contributed by atoms with van der Waals surface area (Å²) in [7, 11) is 1.56. The molecule has 188 valence electrons. The molecule has 3 aliphatic carbocycles. The van der Waals surface area contributed by atoms with Gasteiger partial charge in [0.1, 0.15) is 18.0 Å². The van der Waals surface area contributed by atoms with Crippen LogP contribution in [-0.4, -0.2) is 43.6 Å². The lowest BCUT2D eigenvalue weighted by Crippen LogP contribution is -2.48. The van der Waals surface area contributed by atoms with Gasteiger partial charge in [-0.05, 0) is 73.1 Å². The molecule has 0 amide bonds. The minimum absolute atomic E-state index is 0.0452. The highest BCUT2D eigenvalue weighted by Crippen LogP contribution is 2.62. The van der Waals surface area contributed by atoms with Crippen molar-refractivity contribution in [1.82, 2.24) is 0 Å². The number of halogens is 6. The molecule has 0 saturated heterocycles. The second-order valence-electron chi connectivity index (χ2n) is 9.53. The first kappa shape index (κ1) is 24.7. The van der Waals surface area contributed by atoms with Crippen LogP contribution in [0.2, 0.25) is 0 Å². The van der Waals surface area contributed by atoms with E-state index in [0.29, 0.717) is 31.4 Å². The summed E-state index contributed by atoms with van der Waals surface area (Å²) in [5.41, 5.74) is 1.11. The number of fused-ring (bicyclic) bond motifs is 5. The van der Waals surface area contributed by atoms with Gasteiger partial charge in [-0.15, -0.1) is 0 Å². The molecule has 1 aromatic carbocycles. The maximum Gasteiger partial charge on any atom is 0.490 e. The second kappa shape index (κ2) is 8.34. The van der Waals surface area contributed by atoms with E-state index in [0.717, 1.165) is 11.1 Å². The zero-order valence-electron chi connectivity index (χ0n) is 18.5. The van der Waals surface area contributed by atoms with Gasteiger partial charge in [-0.2, -0.15) is 26.3 Å². The molecule has 0 bridgehead atoms. The quantitative estimate of drug-likeness (QED) is 0.432. The largest absolute Gasteiger partial charge is 0.497 e. The fourth-order valence-corrected chi connectivity index (χ4v) is 6.34. The number of rotatable bonds is 3. The van der Waals surface area contributed by atoms with Crippen molar-refractivity contribution < 1.29 is 50.1 Å². The number of hydrogen-bond acceptors (Lipinski definition) is 5. The minimum atomic E-state index is -5.33. The SMILES string of the molecule is COc1ccc2c(c1)CC[C@@H]1[C@@H]2CC[C@@]2(C)[C@H]1C[C@@H](OC(=O)C(F)(F)F)[C@@H]2OC(=O)C(F)(F)F. The molecule has 0 unspecified atom stereocenters. The van der Waals surface area contributed by atoms with Crippen LogP contribution in [0, 0.1) is 17.3 Å². The summed E-state index contributed by atoms with van der Waals surface area (Å²) in [5, 5.41) is 0. The summed E-state index contributed by atoms with van der Waals surface area (Å²) in [4.78, 5) is 23.2. The van der Waals surface area contributed by atoms with Crippen LogP contribution >= 0.6 is 0 Å². The maximum absolute atomic E-state index is 13.0. The molecule has 6 atom stereocenters. The zero-order valence-corrected chi connectivity index (χ0v) is 18.5. The van der Waals surface area contributed by atoms with Crippen molar-refractivity contribution in [3.8, 4) is 5.75 Å². The fourth-order valence-electron chi connectivity index (χ4n) is 6.34. The summed E-state index contributed by atoms with van der Waals surface area (Å²) < 4.78 is 92.1. The topological polar surface area (TPSA) is 61.8 Å². The number of carbonyl (C=O) groups excluding carboxylic acids is 2. The Morgan fingerprint density at radius 1 is 1.00 bits per heavy atom. The van der Waals surface area contributed by atoms with Crippen LogP contribution in [0.25, 0.3) is 0 Å². The third-order valence-corrected chi connectivity index (χ3v) is 7.80. The van der Waals surface area contributed by atoms with Crippen LogP contribution in [0.4, 0.5) is 26.3 Å². The van der Waals surface area contributed by atoms with E-state index in [9.17, 15) is 35.9 Å². The molecule has 0 spiro atoms. The summed E-state index contributed by atoms with van der Waals surface area (Å²) in [6.07, 6.45) is -11.8. The molecule has 4 rings (SSSR count). The number of carbonyl (C=O) groups is 2. The highest BCUT2D eigenvalue weighted by Gasteiger charge is 2.63. The number of methoxy groups -OCH3 is 1. The molecule has 5 nitrogen and oxygen atoms in total. The van der Waals surface area contributed by atoms with Gasteiger partial charge in [0.15, 0.2) is 0 Å². The Balaban J connectivity index is 1.65. The van der Waals surface area contributed by atoms with Crippen molar-refractivity contribution in [3.63, 3.8) is 0 Å². The maximum atomic E-state index is 13.0. The Kier molecular flexibility index (Phi) is 6.05. The van der Waals surface area contributed by atoms with Gasteiger partial charge in [0.2, 0.25) is 0 Å². The third kappa shape index (κ3) is 4.22. The number of hydrogen-bond donors (Lipinski definition) is 0. The smallest absolute Gasteiger partial charge is 0.490 e. The number of alkyl halides is 6. The molecule has 1 aromatic rings. The first-order valence-electron chi connectivity index (χ1n) is 11.0. The normalized spacial score (nSPS) is 32.8. The number of aryl methyl sites for hydroxylation is 1. The fraction of sp³-hybridized carbons (Fsp3) is 0.652. The van der Waals surface area contributed by atoms with E-state index in [1.165, 1.54) is 0 Å². The van der Waals surface area contributed by atoms with Gasteiger partial charge in [-0.3, -0.25) is 0 Å². The molecule has 2 saturated carbocycles. The molecular weight excluding hydrogens is 470 g/mol. The van der Waals surface area contributed by atoms with E-state index in [1.54, 1.807) is 14.0 Å². The second-order valence-corrected chi connectivity index (χ2v) is 9.53.